The number of carbonyl (C=O) groups is 1. The Morgan fingerprint density at radius 1 is 1.14 bits per heavy atom. The van der Waals surface area contributed by atoms with Crippen molar-refractivity contribution >= 4 is 17.5 Å². The molecule has 0 atom stereocenters. The zero-order valence-electron chi connectivity index (χ0n) is 15.8. The van der Waals surface area contributed by atoms with Gasteiger partial charge in [0.15, 0.2) is 11.5 Å². The lowest BCUT2D eigenvalue weighted by Crippen LogP contribution is -2.36. The van der Waals surface area contributed by atoms with Gasteiger partial charge in [0, 0.05) is 38.4 Å². The molecular formula is C20H22ClN3O4. The zero-order chi connectivity index (χ0) is 19.9. The summed E-state index contributed by atoms with van der Waals surface area (Å²) in [7, 11) is 3.20. The van der Waals surface area contributed by atoms with Gasteiger partial charge in [0.25, 0.3) is 5.91 Å². The highest BCUT2D eigenvalue weighted by molar-refractivity contribution is 6.30. The molecule has 1 amide bonds. The lowest BCUT2D eigenvalue weighted by atomic mass is 10.2. The van der Waals surface area contributed by atoms with Gasteiger partial charge in [-0.25, -0.2) is 4.68 Å². The van der Waals surface area contributed by atoms with Crippen LogP contribution < -0.4 is 0 Å². The van der Waals surface area contributed by atoms with Gasteiger partial charge < -0.3 is 18.8 Å². The second-order valence-corrected chi connectivity index (χ2v) is 6.49. The summed E-state index contributed by atoms with van der Waals surface area (Å²) < 4.78 is 17.4. The second kappa shape index (κ2) is 9.54. The largest absolute Gasteiger partial charge is 0.463 e. The molecule has 2 heterocycles. The Hall–Kier alpha value is -2.61. The fourth-order valence-electron chi connectivity index (χ4n) is 2.74. The molecule has 3 aromatic rings. The molecule has 8 heteroatoms. The van der Waals surface area contributed by atoms with E-state index in [0.717, 1.165) is 5.69 Å². The summed E-state index contributed by atoms with van der Waals surface area (Å²) in [5, 5.41) is 5.17. The third-order valence-electron chi connectivity index (χ3n) is 4.19. The van der Waals surface area contributed by atoms with Crippen LogP contribution in [0.1, 0.15) is 10.5 Å². The van der Waals surface area contributed by atoms with Gasteiger partial charge in [-0.1, -0.05) is 11.6 Å². The van der Waals surface area contributed by atoms with E-state index in [9.17, 15) is 4.79 Å². The highest BCUT2D eigenvalue weighted by atomic mass is 35.5. The molecule has 0 bridgehead atoms. The number of amides is 1. The first kappa shape index (κ1) is 20.1. The molecule has 0 fully saturated rings. The molecule has 28 heavy (non-hydrogen) atoms. The second-order valence-electron chi connectivity index (χ2n) is 6.06. The minimum absolute atomic E-state index is 0.199. The van der Waals surface area contributed by atoms with E-state index in [-0.39, 0.29) is 5.91 Å². The maximum absolute atomic E-state index is 13.1. The number of rotatable bonds is 9. The third kappa shape index (κ3) is 4.62. The highest BCUT2D eigenvalue weighted by Gasteiger charge is 2.22. The van der Waals surface area contributed by atoms with Gasteiger partial charge in [-0.05, 0) is 36.4 Å². The SMILES string of the molecule is COCCN(CCOC)C(=O)c1cc(-c2ccco2)n(-c2ccc(Cl)cc2)n1. The van der Waals surface area contributed by atoms with E-state index < -0.39 is 0 Å². The third-order valence-corrected chi connectivity index (χ3v) is 4.44. The van der Waals surface area contributed by atoms with Gasteiger partial charge in [0.1, 0.15) is 5.69 Å². The van der Waals surface area contributed by atoms with Gasteiger partial charge >= 0.3 is 0 Å². The summed E-state index contributed by atoms with van der Waals surface area (Å²) in [4.78, 5) is 14.7. The number of methoxy groups -OCH3 is 2. The minimum Gasteiger partial charge on any atom is -0.463 e. The Balaban J connectivity index is 1.98. The monoisotopic (exact) mass is 403 g/mol. The van der Waals surface area contributed by atoms with E-state index in [1.165, 1.54) is 0 Å². The number of benzene rings is 1. The fraction of sp³-hybridized carbons (Fsp3) is 0.300. The van der Waals surface area contributed by atoms with Crippen LogP contribution in [0.4, 0.5) is 0 Å². The van der Waals surface area contributed by atoms with E-state index in [1.807, 2.05) is 18.2 Å². The number of hydrogen-bond acceptors (Lipinski definition) is 5. The molecule has 0 radical (unpaired) electrons. The van der Waals surface area contributed by atoms with E-state index >= 15 is 0 Å². The Labute approximate surface area is 168 Å². The highest BCUT2D eigenvalue weighted by Crippen LogP contribution is 2.26. The van der Waals surface area contributed by atoms with Gasteiger partial charge in [-0.15, -0.1) is 0 Å². The standard InChI is InChI=1S/C20H22ClN3O4/c1-26-12-9-23(10-13-27-2)20(25)17-14-18(19-4-3-11-28-19)24(22-17)16-7-5-15(21)6-8-16/h3-8,11,14H,9-10,12-13H2,1-2H3. The average Bonchev–Trinajstić information content (AvgIpc) is 3.38. The summed E-state index contributed by atoms with van der Waals surface area (Å²) in [6.45, 7) is 1.75. The molecule has 7 nitrogen and oxygen atoms in total. The molecule has 1 aromatic carbocycles. The Morgan fingerprint density at radius 2 is 1.82 bits per heavy atom. The van der Waals surface area contributed by atoms with Crippen LogP contribution in [0.5, 0.6) is 0 Å². The topological polar surface area (TPSA) is 69.7 Å². The van der Waals surface area contributed by atoms with Gasteiger partial charge in [-0.3, -0.25) is 4.79 Å². The number of halogens is 1. The molecule has 3 rings (SSSR count). The number of furan rings is 1. The van der Waals surface area contributed by atoms with Crippen molar-refractivity contribution in [2.75, 3.05) is 40.5 Å². The molecule has 148 valence electrons. The first-order valence-electron chi connectivity index (χ1n) is 8.81. The van der Waals surface area contributed by atoms with Crippen molar-refractivity contribution in [3.63, 3.8) is 0 Å². The number of carbonyl (C=O) groups excluding carboxylic acids is 1. The Bertz CT molecular complexity index is 883. The number of nitrogens with zero attached hydrogens (tertiary/aromatic N) is 3. The van der Waals surface area contributed by atoms with Crippen LogP contribution in [0.15, 0.2) is 53.1 Å². The summed E-state index contributed by atoms with van der Waals surface area (Å²) in [6, 6.07) is 12.6. The predicted molar refractivity (Wildman–Crippen MR) is 106 cm³/mol. The molecule has 0 aliphatic heterocycles. The Kier molecular flexibility index (Phi) is 6.86. The lowest BCUT2D eigenvalue weighted by Gasteiger charge is -2.20. The van der Waals surface area contributed by atoms with Crippen molar-refractivity contribution in [3.05, 3.63) is 59.4 Å². The van der Waals surface area contributed by atoms with Crippen LogP contribution in [0.25, 0.3) is 17.1 Å². The van der Waals surface area contributed by atoms with E-state index in [0.29, 0.717) is 48.5 Å². The molecule has 0 saturated heterocycles. The van der Waals surface area contributed by atoms with Crippen molar-refractivity contribution < 1.29 is 18.7 Å². The van der Waals surface area contributed by atoms with E-state index in [4.69, 9.17) is 25.5 Å². The normalized spacial score (nSPS) is 11.0. The summed E-state index contributed by atoms with van der Waals surface area (Å²) in [5.74, 6) is 0.413. The number of aromatic nitrogens is 2. The minimum atomic E-state index is -0.199. The van der Waals surface area contributed by atoms with Gasteiger partial charge in [0.05, 0.1) is 25.2 Å². The van der Waals surface area contributed by atoms with E-state index in [2.05, 4.69) is 5.10 Å². The predicted octanol–water partition coefficient (Wildman–Crippen LogP) is 3.52. The van der Waals surface area contributed by atoms with Crippen molar-refractivity contribution in [2.24, 2.45) is 0 Å². The van der Waals surface area contributed by atoms with Crippen LogP contribution in [0.2, 0.25) is 5.02 Å². The first-order chi connectivity index (χ1) is 13.6. The fourth-order valence-corrected chi connectivity index (χ4v) is 2.87. The maximum atomic E-state index is 13.1. The molecule has 2 aromatic heterocycles. The number of ether oxygens (including phenoxy) is 2. The smallest absolute Gasteiger partial charge is 0.274 e. The first-order valence-corrected chi connectivity index (χ1v) is 9.19. The van der Waals surface area contributed by atoms with Crippen LogP contribution in [-0.4, -0.2) is 61.1 Å². The van der Waals surface area contributed by atoms with E-state index in [1.54, 1.807) is 54.3 Å². The molecular weight excluding hydrogens is 382 g/mol. The molecule has 0 N–H and O–H groups in total. The average molecular weight is 404 g/mol. The molecule has 0 spiro atoms. The zero-order valence-corrected chi connectivity index (χ0v) is 16.6. The van der Waals surface area contributed by atoms with Gasteiger partial charge in [0.2, 0.25) is 0 Å². The quantitative estimate of drug-likeness (QED) is 0.546. The van der Waals surface area contributed by atoms with Crippen molar-refractivity contribution in [3.8, 4) is 17.1 Å². The van der Waals surface area contributed by atoms with Crippen molar-refractivity contribution in [1.82, 2.24) is 14.7 Å². The van der Waals surface area contributed by atoms with Crippen molar-refractivity contribution in [1.29, 1.82) is 0 Å². The molecule has 0 aliphatic rings. The Morgan fingerprint density at radius 3 is 2.39 bits per heavy atom. The van der Waals surface area contributed by atoms with Crippen LogP contribution in [0.3, 0.4) is 0 Å². The van der Waals surface area contributed by atoms with Gasteiger partial charge in [-0.2, -0.15) is 5.10 Å². The molecule has 0 saturated carbocycles. The lowest BCUT2D eigenvalue weighted by molar-refractivity contribution is 0.0621. The molecule has 0 unspecified atom stereocenters. The van der Waals surface area contributed by atoms with Crippen LogP contribution >= 0.6 is 11.6 Å². The molecule has 0 aliphatic carbocycles. The van der Waals surface area contributed by atoms with Crippen LogP contribution in [-0.2, 0) is 9.47 Å². The van der Waals surface area contributed by atoms with Crippen molar-refractivity contribution in [2.45, 2.75) is 0 Å². The van der Waals surface area contributed by atoms with Crippen LogP contribution in [0, 0.1) is 0 Å². The number of hydrogen-bond donors (Lipinski definition) is 0. The summed E-state index contributed by atoms with van der Waals surface area (Å²) in [5.41, 5.74) is 1.76. The summed E-state index contributed by atoms with van der Waals surface area (Å²) in [6.07, 6.45) is 1.58. The maximum Gasteiger partial charge on any atom is 0.274 e. The summed E-state index contributed by atoms with van der Waals surface area (Å²) >= 11 is 6.00.